The van der Waals surface area contributed by atoms with E-state index in [0.717, 1.165) is 18.9 Å². The van der Waals surface area contributed by atoms with E-state index in [-0.39, 0.29) is 0 Å². The zero-order valence-electron chi connectivity index (χ0n) is 10.6. The van der Waals surface area contributed by atoms with Gasteiger partial charge in [0.1, 0.15) is 0 Å². The van der Waals surface area contributed by atoms with Crippen molar-refractivity contribution in [3.8, 4) is 0 Å². The van der Waals surface area contributed by atoms with Crippen LogP contribution in [-0.2, 0) is 6.42 Å². The molecule has 1 aromatic rings. The largest absolute Gasteiger partial charge is 0.309 e. The molecule has 0 bridgehead atoms. The fraction of sp³-hybridized carbons (Fsp3) is 0.692. The first-order chi connectivity index (χ1) is 7.04. The molecule has 1 aromatic heterocycles. The van der Waals surface area contributed by atoms with Gasteiger partial charge in [-0.25, -0.2) is 0 Å². The number of hydrogen-bond donors (Lipinski definition) is 1. The highest BCUT2D eigenvalue weighted by Crippen LogP contribution is 2.27. The summed E-state index contributed by atoms with van der Waals surface area (Å²) in [7, 11) is 0. The molecule has 86 valence electrons. The lowest BCUT2D eigenvalue weighted by Crippen LogP contribution is -2.22. The number of thiophene rings is 1. The van der Waals surface area contributed by atoms with E-state index in [2.05, 4.69) is 46.0 Å². The molecule has 1 nitrogen and oxygen atoms in total. The van der Waals surface area contributed by atoms with Crippen LogP contribution in [0.25, 0.3) is 0 Å². The Morgan fingerprint density at radius 1 is 1.33 bits per heavy atom. The van der Waals surface area contributed by atoms with E-state index >= 15 is 0 Å². The Labute approximate surface area is 97.9 Å². The molecule has 0 aliphatic carbocycles. The molecule has 0 saturated heterocycles. The van der Waals surface area contributed by atoms with E-state index < -0.39 is 0 Å². The number of aryl methyl sites for hydroxylation is 2. The molecule has 1 atom stereocenters. The van der Waals surface area contributed by atoms with Crippen LogP contribution in [0.1, 0.15) is 49.1 Å². The molecule has 0 radical (unpaired) electrons. The lowest BCUT2D eigenvalue weighted by molar-refractivity contribution is 0.500. The van der Waals surface area contributed by atoms with Gasteiger partial charge in [0.15, 0.2) is 0 Å². The zero-order valence-corrected chi connectivity index (χ0v) is 11.4. The van der Waals surface area contributed by atoms with E-state index in [1.54, 1.807) is 0 Å². The molecule has 1 heterocycles. The van der Waals surface area contributed by atoms with Gasteiger partial charge in [0.2, 0.25) is 0 Å². The number of rotatable bonds is 5. The second-order valence-corrected chi connectivity index (χ2v) is 5.80. The van der Waals surface area contributed by atoms with Gasteiger partial charge in [-0.3, -0.25) is 0 Å². The molecular formula is C13H23NS. The van der Waals surface area contributed by atoms with Gasteiger partial charge in [-0.05, 0) is 44.4 Å². The van der Waals surface area contributed by atoms with Crippen LogP contribution in [-0.4, -0.2) is 6.54 Å². The van der Waals surface area contributed by atoms with Gasteiger partial charge in [0.25, 0.3) is 0 Å². The molecule has 2 heteroatoms. The SMILES string of the molecule is CCc1sc(C(C)NCC(C)C)cc1C. The highest BCUT2D eigenvalue weighted by molar-refractivity contribution is 7.12. The highest BCUT2D eigenvalue weighted by Gasteiger charge is 2.10. The average Bonchev–Trinajstić information content (AvgIpc) is 2.56. The summed E-state index contributed by atoms with van der Waals surface area (Å²) in [4.78, 5) is 3.01. The fourth-order valence-electron chi connectivity index (χ4n) is 1.62. The highest BCUT2D eigenvalue weighted by atomic mass is 32.1. The monoisotopic (exact) mass is 225 g/mol. The second-order valence-electron chi connectivity index (χ2n) is 4.63. The Morgan fingerprint density at radius 2 is 2.00 bits per heavy atom. The average molecular weight is 225 g/mol. The maximum absolute atomic E-state index is 3.57. The number of nitrogens with one attached hydrogen (secondary N) is 1. The van der Waals surface area contributed by atoms with E-state index in [4.69, 9.17) is 0 Å². The topological polar surface area (TPSA) is 12.0 Å². The third-order valence-corrected chi connectivity index (χ3v) is 4.18. The van der Waals surface area contributed by atoms with Gasteiger partial charge in [-0.2, -0.15) is 0 Å². The van der Waals surface area contributed by atoms with Crippen molar-refractivity contribution in [3.63, 3.8) is 0 Å². The normalized spacial score (nSPS) is 13.5. The first-order valence-corrected chi connectivity index (χ1v) is 6.68. The summed E-state index contributed by atoms with van der Waals surface area (Å²) in [5.41, 5.74) is 1.45. The van der Waals surface area contributed by atoms with Crippen molar-refractivity contribution in [2.75, 3.05) is 6.54 Å². The van der Waals surface area contributed by atoms with Crippen LogP contribution in [0.15, 0.2) is 6.07 Å². The van der Waals surface area contributed by atoms with Gasteiger partial charge in [0, 0.05) is 15.8 Å². The van der Waals surface area contributed by atoms with Crippen molar-refractivity contribution in [2.45, 2.75) is 47.1 Å². The molecule has 1 rings (SSSR count). The summed E-state index contributed by atoms with van der Waals surface area (Å²) in [6, 6.07) is 2.83. The predicted octanol–water partition coefficient (Wildman–Crippen LogP) is 3.93. The Morgan fingerprint density at radius 3 is 2.47 bits per heavy atom. The van der Waals surface area contributed by atoms with Gasteiger partial charge < -0.3 is 5.32 Å². The smallest absolute Gasteiger partial charge is 0.0386 e. The lowest BCUT2D eigenvalue weighted by Gasteiger charge is -2.13. The van der Waals surface area contributed by atoms with Crippen LogP contribution in [0.5, 0.6) is 0 Å². The van der Waals surface area contributed by atoms with Crippen LogP contribution in [0.4, 0.5) is 0 Å². The minimum Gasteiger partial charge on any atom is -0.309 e. The third-order valence-electron chi connectivity index (χ3n) is 2.62. The molecule has 0 aliphatic heterocycles. The molecule has 0 aliphatic rings. The minimum absolute atomic E-state index is 0.497. The van der Waals surface area contributed by atoms with Crippen molar-refractivity contribution < 1.29 is 0 Å². The van der Waals surface area contributed by atoms with Crippen LogP contribution < -0.4 is 5.32 Å². The summed E-state index contributed by atoms with van der Waals surface area (Å²) >= 11 is 1.96. The van der Waals surface area contributed by atoms with Gasteiger partial charge in [-0.1, -0.05) is 20.8 Å². The van der Waals surface area contributed by atoms with Crippen molar-refractivity contribution in [3.05, 3.63) is 21.4 Å². The Balaban J connectivity index is 2.61. The first-order valence-electron chi connectivity index (χ1n) is 5.87. The van der Waals surface area contributed by atoms with Crippen molar-refractivity contribution in [1.82, 2.24) is 5.32 Å². The summed E-state index contributed by atoms with van der Waals surface area (Å²) in [6.45, 7) is 12.3. The maximum atomic E-state index is 3.57. The summed E-state index contributed by atoms with van der Waals surface area (Å²) < 4.78 is 0. The molecule has 15 heavy (non-hydrogen) atoms. The standard InChI is InChI=1S/C13H23NS/c1-6-12-10(4)7-13(15-12)11(5)14-8-9(2)3/h7,9,11,14H,6,8H2,1-5H3. The molecule has 0 aromatic carbocycles. The molecule has 1 unspecified atom stereocenters. The maximum Gasteiger partial charge on any atom is 0.0386 e. The molecular weight excluding hydrogens is 202 g/mol. The molecule has 0 fully saturated rings. The third kappa shape index (κ3) is 3.62. The minimum atomic E-state index is 0.497. The van der Waals surface area contributed by atoms with Crippen LogP contribution in [0.2, 0.25) is 0 Å². The van der Waals surface area contributed by atoms with E-state index in [1.807, 2.05) is 11.3 Å². The van der Waals surface area contributed by atoms with Gasteiger partial charge in [-0.15, -0.1) is 11.3 Å². The molecule has 1 N–H and O–H groups in total. The van der Waals surface area contributed by atoms with Crippen molar-refractivity contribution >= 4 is 11.3 Å². The second kappa shape index (κ2) is 5.66. The Bertz CT molecular complexity index is 301. The quantitative estimate of drug-likeness (QED) is 0.800. The number of hydrogen-bond acceptors (Lipinski definition) is 2. The van der Waals surface area contributed by atoms with E-state index in [0.29, 0.717) is 6.04 Å². The predicted molar refractivity (Wildman–Crippen MR) is 69.7 cm³/mol. The van der Waals surface area contributed by atoms with Crippen molar-refractivity contribution in [2.24, 2.45) is 5.92 Å². The molecule has 0 spiro atoms. The molecule has 0 saturated carbocycles. The Hall–Kier alpha value is -0.340. The fourth-order valence-corrected chi connectivity index (χ4v) is 2.77. The lowest BCUT2D eigenvalue weighted by atomic mass is 10.1. The molecule has 0 amide bonds. The summed E-state index contributed by atoms with van der Waals surface area (Å²) in [5, 5.41) is 3.57. The van der Waals surface area contributed by atoms with Gasteiger partial charge >= 0.3 is 0 Å². The van der Waals surface area contributed by atoms with E-state index in [9.17, 15) is 0 Å². The van der Waals surface area contributed by atoms with E-state index in [1.165, 1.54) is 15.3 Å². The van der Waals surface area contributed by atoms with Crippen molar-refractivity contribution in [1.29, 1.82) is 0 Å². The first kappa shape index (κ1) is 12.7. The van der Waals surface area contributed by atoms with Gasteiger partial charge in [0.05, 0.1) is 0 Å². The van der Waals surface area contributed by atoms with Crippen LogP contribution >= 0.6 is 11.3 Å². The Kier molecular flexibility index (Phi) is 4.81. The zero-order chi connectivity index (χ0) is 11.4. The summed E-state index contributed by atoms with van der Waals surface area (Å²) in [6.07, 6.45) is 1.16. The van der Waals surface area contributed by atoms with Crippen LogP contribution in [0.3, 0.4) is 0 Å². The summed E-state index contributed by atoms with van der Waals surface area (Å²) in [5.74, 6) is 0.721. The van der Waals surface area contributed by atoms with Crippen LogP contribution in [0, 0.1) is 12.8 Å².